The topological polar surface area (TPSA) is 80.3 Å². The second kappa shape index (κ2) is 9.59. The fraction of sp³-hybridized carbons (Fsp3) is 0.533. The Kier molecular flexibility index (Phi) is 7.01. The number of aromatic nitrogens is 3. The third-order valence-electron chi connectivity index (χ3n) is 3.07. The van der Waals surface area contributed by atoms with Crippen LogP contribution in [-0.4, -0.2) is 40.6 Å². The van der Waals surface area contributed by atoms with Crippen molar-refractivity contribution < 1.29 is 4.42 Å². The first-order chi connectivity index (χ1) is 10.9. The maximum absolute atomic E-state index is 5.32. The lowest BCUT2D eigenvalue weighted by Crippen LogP contribution is -2.39. The van der Waals surface area contributed by atoms with Crippen molar-refractivity contribution >= 4 is 5.96 Å². The summed E-state index contributed by atoms with van der Waals surface area (Å²) < 4.78 is 7.15. The summed E-state index contributed by atoms with van der Waals surface area (Å²) >= 11 is 0. The standard InChI is InChI=1S/C15H24N6O/c1-2-7-16-15(18-9-6-14-5-3-13-22-14)17-8-4-11-21-12-10-19-20-21/h3,5,10,12-13H,2,4,6-9,11H2,1H3,(H2,16,17,18). The average Bonchev–Trinajstić information content (AvgIpc) is 3.21. The van der Waals surface area contributed by atoms with Crippen LogP contribution in [0.1, 0.15) is 25.5 Å². The molecule has 0 saturated carbocycles. The van der Waals surface area contributed by atoms with E-state index in [0.717, 1.165) is 57.2 Å². The zero-order chi connectivity index (χ0) is 15.5. The van der Waals surface area contributed by atoms with Crippen molar-refractivity contribution in [3.8, 4) is 0 Å². The number of aliphatic imine (C=N–C) groups is 1. The van der Waals surface area contributed by atoms with Gasteiger partial charge in [0.15, 0.2) is 5.96 Å². The average molecular weight is 304 g/mol. The molecular formula is C15H24N6O. The molecule has 120 valence electrons. The minimum Gasteiger partial charge on any atom is -0.469 e. The maximum atomic E-state index is 5.32. The predicted molar refractivity (Wildman–Crippen MR) is 85.6 cm³/mol. The highest BCUT2D eigenvalue weighted by molar-refractivity contribution is 5.79. The van der Waals surface area contributed by atoms with Gasteiger partial charge in [0, 0.05) is 38.8 Å². The van der Waals surface area contributed by atoms with Crippen LogP contribution in [0.2, 0.25) is 0 Å². The normalized spacial score (nSPS) is 11.6. The number of nitrogens with one attached hydrogen (secondary N) is 2. The van der Waals surface area contributed by atoms with Crippen molar-refractivity contribution in [1.82, 2.24) is 25.6 Å². The van der Waals surface area contributed by atoms with Crippen molar-refractivity contribution in [1.29, 1.82) is 0 Å². The SMILES string of the molecule is CCCN=C(NCCCn1ccnn1)NCCc1ccco1. The summed E-state index contributed by atoms with van der Waals surface area (Å²) in [5.74, 6) is 1.83. The molecule has 2 aromatic heterocycles. The Labute approximate surface area is 130 Å². The van der Waals surface area contributed by atoms with Crippen LogP contribution in [0.3, 0.4) is 0 Å². The monoisotopic (exact) mass is 304 g/mol. The van der Waals surface area contributed by atoms with Crippen LogP contribution in [-0.2, 0) is 13.0 Å². The first kappa shape index (κ1) is 16.1. The van der Waals surface area contributed by atoms with Crippen LogP contribution < -0.4 is 10.6 Å². The summed E-state index contributed by atoms with van der Waals surface area (Å²) in [6, 6.07) is 3.89. The fourth-order valence-electron chi connectivity index (χ4n) is 1.96. The predicted octanol–water partition coefficient (Wildman–Crippen LogP) is 1.45. The van der Waals surface area contributed by atoms with Gasteiger partial charge < -0.3 is 15.1 Å². The lowest BCUT2D eigenvalue weighted by atomic mass is 10.3. The van der Waals surface area contributed by atoms with Gasteiger partial charge in [-0.3, -0.25) is 9.67 Å². The maximum Gasteiger partial charge on any atom is 0.191 e. The van der Waals surface area contributed by atoms with Crippen LogP contribution in [0.15, 0.2) is 40.2 Å². The minimum atomic E-state index is 0.798. The Morgan fingerprint density at radius 1 is 1.36 bits per heavy atom. The van der Waals surface area contributed by atoms with Gasteiger partial charge in [0.2, 0.25) is 0 Å². The molecule has 0 aliphatic heterocycles. The smallest absolute Gasteiger partial charge is 0.191 e. The lowest BCUT2D eigenvalue weighted by Gasteiger charge is -2.12. The van der Waals surface area contributed by atoms with E-state index in [1.165, 1.54) is 0 Å². The minimum absolute atomic E-state index is 0.798. The Morgan fingerprint density at radius 3 is 3.00 bits per heavy atom. The number of furan rings is 1. The Balaban J connectivity index is 1.66. The first-order valence-electron chi connectivity index (χ1n) is 7.77. The third kappa shape index (κ3) is 5.99. The van der Waals surface area contributed by atoms with Crippen LogP contribution in [0.5, 0.6) is 0 Å². The quantitative estimate of drug-likeness (QED) is 0.416. The summed E-state index contributed by atoms with van der Waals surface area (Å²) in [5, 5.41) is 14.4. The molecule has 0 aliphatic carbocycles. The molecule has 2 aromatic rings. The van der Waals surface area contributed by atoms with Gasteiger partial charge in [0.25, 0.3) is 0 Å². The molecule has 0 aliphatic rings. The van der Waals surface area contributed by atoms with Crippen molar-refractivity contribution in [3.05, 3.63) is 36.5 Å². The van der Waals surface area contributed by atoms with Gasteiger partial charge in [-0.1, -0.05) is 12.1 Å². The largest absolute Gasteiger partial charge is 0.469 e. The highest BCUT2D eigenvalue weighted by atomic mass is 16.3. The summed E-state index contributed by atoms with van der Waals surface area (Å²) in [6.45, 7) is 5.43. The molecule has 0 saturated heterocycles. The van der Waals surface area contributed by atoms with E-state index in [0.29, 0.717) is 0 Å². The second-order valence-corrected chi connectivity index (χ2v) is 4.93. The van der Waals surface area contributed by atoms with E-state index in [1.807, 2.05) is 23.0 Å². The zero-order valence-corrected chi connectivity index (χ0v) is 13.0. The van der Waals surface area contributed by atoms with E-state index in [-0.39, 0.29) is 0 Å². The molecule has 2 rings (SSSR count). The van der Waals surface area contributed by atoms with Crippen LogP contribution in [0, 0.1) is 0 Å². The van der Waals surface area contributed by atoms with Crippen molar-refractivity contribution in [2.45, 2.75) is 32.7 Å². The molecular weight excluding hydrogens is 280 g/mol. The van der Waals surface area contributed by atoms with E-state index in [2.05, 4.69) is 32.9 Å². The van der Waals surface area contributed by atoms with E-state index < -0.39 is 0 Å². The molecule has 0 amide bonds. The second-order valence-electron chi connectivity index (χ2n) is 4.93. The van der Waals surface area contributed by atoms with Crippen LogP contribution >= 0.6 is 0 Å². The molecule has 0 atom stereocenters. The number of aryl methyl sites for hydroxylation is 1. The summed E-state index contributed by atoms with van der Waals surface area (Å²) in [4.78, 5) is 4.52. The van der Waals surface area contributed by atoms with Gasteiger partial charge in [0.1, 0.15) is 5.76 Å². The number of rotatable bonds is 9. The molecule has 0 unspecified atom stereocenters. The van der Waals surface area contributed by atoms with E-state index >= 15 is 0 Å². The number of nitrogens with zero attached hydrogens (tertiary/aromatic N) is 4. The van der Waals surface area contributed by atoms with Gasteiger partial charge in [-0.15, -0.1) is 5.10 Å². The van der Waals surface area contributed by atoms with Crippen molar-refractivity contribution in [3.63, 3.8) is 0 Å². The number of guanidine groups is 1. The summed E-state index contributed by atoms with van der Waals surface area (Å²) in [5.41, 5.74) is 0. The third-order valence-corrected chi connectivity index (χ3v) is 3.07. The van der Waals surface area contributed by atoms with Crippen LogP contribution in [0.25, 0.3) is 0 Å². The molecule has 0 bridgehead atoms. The highest BCUT2D eigenvalue weighted by Gasteiger charge is 2.00. The van der Waals surface area contributed by atoms with Gasteiger partial charge >= 0.3 is 0 Å². The van der Waals surface area contributed by atoms with Gasteiger partial charge in [0.05, 0.1) is 12.5 Å². The van der Waals surface area contributed by atoms with E-state index in [9.17, 15) is 0 Å². The summed E-state index contributed by atoms with van der Waals surface area (Å²) in [7, 11) is 0. The molecule has 22 heavy (non-hydrogen) atoms. The Morgan fingerprint density at radius 2 is 2.27 bits per heavy atom. The molecule has 0 radical (unpaired) electrons. The van der Waals surface area contributed by atoms with Crippen molar-refractivity contribution in [2.75, 3.05) is 19.6 Å². The number of hydrogen-bond acceptors (Lipinski definition) is 4. The summed E-state index contributed by atoms with van der Waals surface area (Å²) in [6.07, 6.45) is 8.10. The highest BCUT2D eigenvalue weighted by Crippen LogP contribution is 1.99. The molecule has 7 heteroatoms. The molecule has 2 N–H and O–H groups in total. The number of hydrogen-bond donors (Lipinski definition) is 2. The van der Waals surface area contributed by atoms with E-state index in [4.69, 9.17) is 4.42 Å². The van der Waals surface area contributed by atoms with Crippen LogP contribution in [0.4, 0.5) is 0 Å². The molecule has 0 aromatic carbocycles. The molecule has 7 nitrogen and oxygen atoms in total. The Hall–Kier alpha value is -2.31. The lowest BCUT2D eigenvalue weighted by molar-refractivity contribution is 0.506. The van der Waals surface area contributed by atoms with Gasteiger partial charge in [-0.05, 0) is 25.0 Å². The first-order valence-corrected chi connectivity index (χ1v) is 7.77. The van der Waals surface area contributed by atoms with Gasteiger partial charge in [-0.25, -0.2) is 0 Å². The van der Waals surface area contributed by atoms with Crippen molar-refractivity contribution in [2.24, 2.45) is 4.99 Å². The fourth-order valence-corrected chi connectivity index (χ4v) is 1.96. The zero-order valence-electron chi connectivity index (χ0n) is 13.0. The molecule has 0 fully saturated rings. The van der Waals surface area contributed by atoms with Gasteiger partial charge in [-0.2, -0.15) is 0 Å². The Bertz CT molecular complexity index is 520. The molecule has 2 heterocycles. The van der Waals surface area contributed by atoms with E-state index in [1.54, 1.807) is 12.5 Å². The molecule has 0 spiro atoms.